The highest BCUT2D eigenvalue weighted by Crippen LogP contribution is 2.33. The molecule has 2 heterocycles. The summed E-state index contributed by atoms with van der Waals surface area (Å²) in [7, 11) is 0. The summed E-state index contributed by atoms with van der Waals surface area (Å²) in [5, 5.41) is 6.86. The maximum absolute atomic E-state index is 4.69. The van der Waals surface area contributed by atoms with Crippen molar-refractivity contribution in [2.45, 2.75) is 31.8 Å². The van der Waals surface area contributed by atoms with E-state index in [1.165, 1.54) is 29.9 Å². The number of thiophene rings is 1. The highest BCUT2D eigenvalue weighted by molar-refractivity contribution is 9.10. The number of rotatable bonds is 2. The van der Waals surface area contributed by atoms with E-state index >= 15 is 0 Å². The number of thioether (sulfide) groups is 1. The molecule has 2 nitrogen and oxygen atoms in total. The molecule has 1 saturated carbocycles. The summed E-state index contributed by atoms with van der Waals surface area (Å²) in [6.45, 7) is 0.809. The summed E-state index contributed by atoms with van der Waals surface area (Å²) >= 11 is 7.14. The van der Waals surface area contributed by atoms with Gasteiger partial charge in [-0.3, -0.25) is 4.99 Å². The summed E-state index contributed by atoms with van der Waals surface area (Å²) in [6.07, 6.45) is 4.11. The minimum atomic E-state index is 0.699. The van der Waals surface area contributed by atoms with Gasteiger partial charge >= 0.3 is 0 Å². The van der Waals surface area contributed by atoms with Gasteiger partial charge in [-0.05, 0) is 40.8 Å². The standard InChI is InChI=1S/C12H15BrN2S2/c13-9-4-10(16-7-9)5-14-12-15-11-3-1-2-8(11)6-17-12/h4,7-8,11H,1-3,5-6H2,(H,14,15). The molecule has 1 N–H and O–H groups in total. The lowest BCUT2D eigenvalue weighted by Crippen LogP contribution is -2.41. The SMILES string of the molecule is Brc1csc(CN=C2NC3CCCC3CS2)c1. The molecule has 0 amide bonds. The Bertz CT molecular complexity index is 430. The van der Waals surface area contributed by atoms with Crippen LogP contribution in [0.1, 0.15) is 24.1 Å². The fourth-order valence-electron chi connectivity index (χ4n) is 2.49. The largest absolute Gasteiger partial charge is 0.362 e. The zero-order chi connectivity index (χ0) is 11.7. The number of amidine groups is 1. The molecule has 92 valence electrons. The van der Waals surface area contributed by atoms with Gasteiger partial charge in [0.2, 0.25) is 0 Å². The van der Waals surface area contributed by atoms with Gasteiger partial charge < -0.3 is 5.32 Å². The van der Waals surface area contributed by atoms with Crippen LogP contribution in [0.15, 0.2) is 20.9 Å². The predicted octanol–water partition coefficient (Wildman–Crippen LogP) is 3.87. The van der Waals surface area contributed by atoms with Gasteiger partial charge in [0.15, 0.2) is 5.17 Å². The molecule has 0 bridgehead atoms. The molecule has 1 aromatic heterocycles. The number of hydrogen-bond acceptors (Lipinski definition) is 3. The van der Waals surface area contributed by atoms with Gasteiger partial charge in [0, 0.05) is 26.5 Å². The lowest BCUT2D eigenvalue weighted by atomic mass is 10.1. The van der Waals surface area contributed by atoms with Crippen LogP contribution in [0.2, 0.25) is 0 Å². The number of hydrogen-bond donors (Lipinski definition) is 1. The molecule has 0 aromatic carbocycles. The summed E-state index contributed by atoms with van der Waals surface area (Å²) < 4.78 is 1.16. The highest BCUT2D eigenvalue weighted by atomic mass is 79.9. The molecule has 1 saturated heterocycles. The Morgan fingerprint density at radius 2 is 2.41 bits per heavy atom. The van der Waals surface area contributed by atoms with Crippen molar-refractivity contribution in [2.75, 3.05) is 5.75 Å². The maximum Gasteiger partial charge on any atom is 0.157 e. The van der Waals surface area contributed by atoms with E-state index in [1.807, 2.05) is 11.8 Å². The molecule has 0 radical (unpaired) electrons. The highest BCUT2D eigenvalue weighted by Gasteiger charge is 2.31. The molecule has 0 spiro atoms. The van der Waals surface area contributed by atoms with Crippen LogP contribution in [0, 0.1) is 5.92 Å². The van der Waals surface area contributed by atoms with Crippen molar-refractivity contribution in [3.8, 4) is 0 Å². The normalized spacial score (nSPS) is 30.3. The molecular formula is C12H15BrN2S2. The van der Waals surface area contributed by atoms with E-state index in [0.29, 0.717) is 6.04 Å². The number of halogens is 1. The van der Waals surface area contributed by atoms with E-state index in [-0.39, 0.29) is 0 Å². The average Bonchev–Trinajstić information content (AvgIpc) is 2.94. The van der Waals surface area contributed by atoms with Crippen molar-refractivity contribution in [3.63, 3.8) is 0 Å². The lowest BCUT2D eigenvalue weighted by Gasteiger charge is -2.27. The van der Waals surface area contributed by atoms with Gasteiger partial charge in [-0.2, -0.15) is 0 Å². The van der Waals surface area contributed by atoms with Gasteiger partial charge in [0.1, 0.15) is 0 Å². The summed E-state index contributed by atoms with van der Waals surface area (Å²) in [6, 6.07) is 2.85. The Labute approximate surface area is 118 Å². The Morgan fingerprint density at radius 3 is 3.24 bits per heavy atom. The first-order valence-corrected chi connectivity index (χ1v) is 8.64. The van der Waals surface area contributed by atoms with Crippen molar-refractivity contribution in [2.24, 2.45) is 10.9 Å². The van der Waals surface area contributed by atoms with E-state index in [0.717, 1.165) is 22.1 Å². The number of nitrogens with zero attached hydrogens (tertiary/aromatic N) is 1. The average molecular weight is 331 g/mol. The summed E-state index contributed by atoms with van der Waals surface area (Å²) in [4.78, 5) is 6.01. The van der Waals surface area contributed by atoms with Gasteiger partial charge in [0.05, 0.1) is 6.54 Å². The minimum absolute atomic E-state index is 0.699. The fraction of sp³-hybridized carbons (Fsp3) is 0.583. The van der Waals surface area contributed by atoms with Crippen LogP contribution in [0.5, 0.6) is 0 Å². The molecule has 5 heteroatoms. The van der Waals surface area contributed by atoms with E-state index in [9.17, 15) is 0 Å². The van der Waals surface area contributed by atoms with Crippen molar-refractivity contribution >= 4 is 44.2 Å². The smallest absolute Gasteiger partial charge is 0.157 e. The summed E-state index contributed by atoms with van der Waals surface area (Å²) in [5.74, 6) is 2.14. The first-order chi connectivity index (χ1) is 8.31. The molecule has 1 aliphatic heterocycles. The molecule has 2 fully saturated rings. The van der Waals surface area contributed by atoms with Crippen molar-refractivity contribution in [1.82, 2.24) is 5.32 Å². The zero-order valence-corrected chi connectivity index (χ0v) is 12.7. The number of aliphatic imine (C=N–C) groups is 1. The topological polar surface area (TPSA) is 24.4 Å². The molecule has 1 aromatic rings. The zero-order valence-electron chi connectivity index (χ0n) is 9.49. The molecule has 2 unspecified atom stereocenters. The predicted molar refractivity (Wildman–Crippen MR) is 79.9 cm³/mol. The van der Waals surface area contributed by atoms with Crippen LogP contribution >= 0.6 is 39.0 Å². The van der Waals surface area contributed by atoms with Gasteiger partial charge in [-0.25, -0.2) is 0 Å². The van der Waals surface area contributed by atoms with Crippen molar-refractivity contribution in [3.05, 3.63) is 20.8 Å². The molecule has 3 rings (SSSR count). The maximum atomic E-state index is 4.69. The van der Waals surface area contributed by atoms with Crippen molar-refractivity contribution < 1.29 is 0 Å². The Kier molecular flexibility index (Phi) is 3.78. The molecule has 1 aliphatic carbocycles. The monoisotopic (exact) mass is 330 g/mol. The fourth-order valence-corrected chi connectivity index (χ4v) is 5.03. The Hall–Kier alpha value is -0.000000000000000111. The van der Waals surface area contributed by atoms with Crippen LogP contribution in [-0.4, -0.2) is 17.0 Å². The second kappa shape index (κ2) is 5.33. The summed E-state index contributed by atoms with van der Waals surface area (Å²) in [5.41, 5.74) is 0. The molecule has 2 aliphatic rings. The van der Waals surface area contributed by atoms with E-state index in [2.05, 4.69) is 37.7 Å². The second-order valence-electron chi connectivity index (χ2n) is 4.61. The number of fused-ring (bicyclic) bond motifs is 1. The third-order valence-electron chi connectivity index (χ3n) is 3.40. The quantitative estimate of drug-likeness (QED) is 0.890. The van der Waals surface area contributed by atoms with E-state index in [1.54, 1.807) is 11.3 Å². The Balaban J connectivity index is 1.61. The van der Waals surface area contributed by atoms with E-state index < -0.39 is 0 Å². The van der Waals surface area contributed by atoms with Crippen LogP contribution in [0.3, 0.4) is 0 Å². The van der Waals surface area contributed by atoms with Crippen LogP contribution in [0.4, 0.5) is 0 Å². The molecule has 2 atom stereocenters. The molecular weight excluding hydrogens is 316 g/mol. The first-order valence-electron chi connectivity index (χ1n) is 5.98. The van der Waals surface area contributed by atoms with Crippen LogP contribution < -0.4 is 5.32 Å². The van der Waals surface area contributed by atoms with Gasteiger partial charge in [-0.1, -0.05) is 18.2 Å². The first kappa shape index (κ1) is 12.1. The second-order valence-corrected chi connectivity index (χ2v) is 7.53. The van der Waals surface area contributed by atoms with E-state index in [4.69, 9.17) is 0 Å². The van der Waals surface area contributed by atoms with Crippen LogP contribution in [0.25, 0.3) is 0 Å². The third-order valence-corrected chi connectivity index (χ3v) is 6.20. The van der Waals surface area contributed by atoms with Crippen LogP contribution in [-0.2, 0) is 6.54 Å². The Morgan fingerprint density at radius 1 is 1.47 bits per heavy atom. The van der Waals surface area contributed by atoms with Crippen molar-refractivity contribution in [1.29, 1.82) is 0 Å². The number of nitrogens with one attached hydrogen (secondary N) is 1. The minimum Gasteiger partial charge on any atom is -0.362 e. The third kappa shape index (κ3) is 2.88. The van der Waals surface area contributed by atoms with Gasteiger partial charge in [0.25, 0.3) is 0 Å². The lowest BCUT2D eigenvalue weighted by molar-refractivity contribution is 0.490. The molecule has 17 heavy (non-hydrogen) atoms. The van der Waals surface area contributed by atoms with Gasteiger partial charge in [-0.15, -0.1) is 11.3 Å².